The van der Waals surface area contributed by atoms with Gasteiger partial charge in [0.05, 0.1) is 10.8 Å². The van der Waals surface area contributed by atoms with E-state index in [-0.39, 0.29) is 18.3 Å². The van der Waals surface area contributed by atoms with Crippen molar-refractivity contribution < 1.29 is 23.8 Å². The van der Waals surface area contributed by atoms with Gasteiger partial charge in [0.2, 0.25) is 5.91 Å². The zero-order valence-electron chi connectivity index (χ0n) is 13.8. The van der Waals surface area contributed by atoms with Crippen LogP contribution in [0.4, 0.5) is 4.39 Å². The summed E-state index contributed by atoms with van der Waals surface area (Å²) in [5.41, 5.74) is -1.09. The Morgan fingerprint density at radius 1 is 1.25 bits per heavy atom. The fraction of sp³-hybridized carbons (Fsp3) is 0.556. The van der Waals surface area contributed by atoms with Crippen LogP contribution in [-0.2, 0) is 19.7 Å². The Bertz CT molecular complexity index is 656. The van der Waals surface area contributed by atoms with Crippen LogP contribution in [0.2, 0.25) is 0 Å². The predicted molar refractivity (Wildman–Crippen MR) is 85.1 cm³/mol. The summed E-state index contributed by atoms with van der Waals surface area (Å²) in [5.74, 6) is -1.37. The van der Waals surface area contributed by atoms with E-state index in [2.05, 4.69) is 0 Å². The molecule has 0 radical (unpaired) electrons. The number of nitrogens with zero attached hydrogens (tertiary/aromatic N) is 1. The summed E-state index contributed by atoms with van der Waals surface area (Å²) < 4.78 is 19.1. The lowest BCUT2D eigenvalue weighted by Gasteiger charge is -2.39. The monoisotopic (exact) mass is 335 g/mol. The highest BCUT2D eigenvalue weighted by molar-refractivity contribution is 5.89. The highest BCUT2D eigenvalue weighted by Crippen LogP contribution is 2.40. The molecule has 1 N–H and O–H groups in total. The number of rotatable bonds is 3. The van der Waals surface area contributed by atoms with E-state index in [1.54, 1.807) is 24.0 Å². The number of carbonyl (C=O) groups is 2. The number of carbonyl (C=O) groups excluding carboxylic acids is 1. The topological polar surface area (TPSA) is 66.8 Å². The molecule has 2 aliphatic heterocycles. The minimum absolute atomic E-state index is 0.110. The van der Waals surface area contributed by atoms with Crippen LogP contribution in [0.5, 0.6) is 0 Å². The predicted octanol–water partition coefficient (Wildman–Crippen LogP) is 2.20. The third-order valence-electron chi connectivity index (χ3n) is 5.41. The number of aliphatic carboxylic acids is 1. The SMILES string of the molecule is CC1(C(=O)O)CCN(C(=O)C2(c3cccc(F)c3)CCOCC2)C1. The minimum Gasteiger partial charge on any atom is -0.481 e. The first-order valence-electron chi connectivity index (χ1n) is 8.24. The van der Waals surface area contributed by atoms with Crippen LogP contribution < -0.4 is 0 Å². The Kier molecular flexibility index (Phi) is 4.34. The van der Waals surface area contributed by atoms with E-state index >= 15 is 0 Å². The molecule has 1 atom stereocenters. The lowest BCUT2D eigenvalue weighted by Crippen LogP contribution is -2.50. The molecule has 2 fully saturated rings. The van der Waals surface area contributed by atoms with Gasteiger partial charge in [0.1, 0.15) is 5.82 Å². The first-order valence-corrected chi connectivity index (χ1v) is 8.24. The highest BCUT2D eigenvalue weighted by atomic mass is 19.1. The fourth-order valence-corrected chi connectivity index (χ4v) is 3.74. The maximum Gasteiger partial charge on any atom is 0.311 e. The molecule has 0 aromatic heterocycles. The molecule has 2 heterocycles. The molecule has 0 spiro atoms. The van der Waals surface area contributed by atoms with Crippen LogP contribution >= 0.6 is 0 Å². The number of hydrogen-bond donors (Lipinski definition) is 1. The quantitative estimate of drug-likeness (QED) is 0.919. The molecular formula is C18H22FNO4. The van der Waals surface area contributed by atoms with Crippen LogP contribution in [0.1, 0.15) is 31.7 Å². The zero-order valence-corrected chi connectivity index (χ0v) is 13.8. The van der Waals surface area contributed by atoms with Gasteiger partial charge in [0.25, 0.3) is 0 Å². The van der Waals surface area contributed by atoms with E-state index in [1.165, 1.54) is 12.1 Å². The molecule has 5 nitrogen and oxygen atoms in total. The minimum atomic E-state index is -0.913. The van der Waals surface area contributed by atoms with Crippen LogP contribution in [0.3, 0.4) is 0 Å². The number of carboxylic acid groups (broad SMARTS) is 1. The first-order chi connectivity index (χ1) is 11.4. The average Bonchev–Trinajstić information content (AvgIpc) is 2.98. The van der Waals surface area contributed by atoms with Crippen molar-refractivity contribution in [2.75, 3.05) is 26.3 Å². The summed E-state index contributed by atoms with van der Waals surface area (Å²) in [4.78, 5) is 26.4. The van der Waals surface area contributed by atoms with Gasteiger partial charge in [-0.2, -0.15) is 0 Å². The molecule has 24 heavy (non-hydrogen) atoms. The van der Waals surface area contributed by atoms with Gasteiger partial charge in [-0.3, -0.25) is 9.59 Å². The number of ether oxygens (including phenoxy) is 1. The molecule has 130 valence electrons. The molecular weight excluding hydrogens is 313 g/mol. The largest absolute Gasteiger partial charge is 0.481 e. The smallest absolute Gasteiger partial charge is 0.311 e. The second-order valence-corrected chi connectivity index (χ2v) is 7.05. The summed E-state index contributed by atoms with van der Waals surface area (Å²) in [6.07, 6.45) is 1.40. The molecule has 0 bridgehead atoms. The molecule has 3 rings (SSSR count). The van der Waals surface area contributed by atoms with Crippen LogP contribution in [0, 0.1) is 11.2 Å². The van der Waals surface area contributed by atoms with Crippen molar-refractivity contribution in [1.29, 1.82) is 0 Å². The van der Waals surface area contributed by atoms with Crippen molar-refractivity contribution in [3.8, 4) is 0 Å². The molecule has 0 aliphatic carbocycles. The van der Waals surface area contributed by atoms with Gasteiger partial charge >= 0.3 is 5.97 Å². The Labute approximate surface area is 140 Å². The molecule has 1 aromatic carbocycles. The van der Waals surface area contributed by atoms with Crippen LogP contribution in [0.15, 0.2) is 24.3 Å². The molecule has 2 aliphatic rings. The number of hydrogen-bond acceptors (Lipinski definition) is 3. The van der Waals surface area contributed by atoms with E-state index in [9.17, 15) is 19.1 Å². The van der Waals surface area contributed by atoms with E-state index in [1.807, 2.05) is 0 Å². The van der Waals surface area contributed by atoms with Crippen molar-refractivity contribution in [2.45, 2.75) is 31.6 Å². The first kappa shape index (κ1) is 16.9. The van der Waals surface area contributed by atoms with Gasteiger partial charge in [-0.15, -0.1) is 0 Å². The lowest BCUT2D eigenvalue weighted by atomic mass is 9.73. The normalized spacial score (nSPS) is 26.3. The number of amides is 1. The summed E-state index contributed by atoms with van der Waals surface area (Å²) >= 11 is 0. The van der Waals surface area contributed by atoms with Crippen LogP contribution in [0.25, 0.3) is 0 Å². The highest BCUT2D eigenvalue weighted by Gasteiger charge is 2.49. The maximum atomic E-state index is 13.7. The summed E-state index contributed by atoms with van der Waals surface area (Å²) in [6.45, 7) is 3.15. The second kappa shape index (κ2) is 6.16. The van der Waals surface area contributed by atoms with Crippen molar-refractivity contribution >= 4 is 11.9 Å². The summed E-state index contributed by atoms with van der Waals surface area (Å²) in [7, 11) is 0. The summed E-state index contributed by atoms with van der Waals surface area (Å²) in [6, 6.07) is 6.16. The number of carboxylic acids is 1. The zero-order chi connectivity index (χ0) is 17.4. The Hall–Kier alpha value is -1.95. The molecule has 1 aromatic rings. The van der Waals surface area contributed by atoms with Crippen molar-refractivity contribution in [3.63, 3.8) is 0 Å². The molecule has 1 unspecified atom stereocenters. The van der Waals surface area contributed by atoms with Crippen molar-refractivity contribution in [1.82, 2.24) is 4.90 Å². The van der Waals surface area contributed by atoms with Gasteiger partial charge < -0.3 is 14.7 Å². The van der Waals surface area contributed by atoms with Gasteiger partial charge in [-0.25, -0.2) is 4.39 Å². The second-order valence-electron chi connectivity index (χ2n) is 7.05. The van der Waals surface area contributed by atoms with Crippen molar-refractivity contribution in [2.24, 2.45) is 5.41 Å². The average molecular weight is 335 g/mol. The molecule has 0 saturated carbocycles. The number of benzene rings is 1. The van der Waals surface area contributed by atoms with E-state index < -0.39 is 16.8 Å². The third kappa shape index (κ3) is 2.79. The van der Waals surface area contributed by atoms with E-state index in [0.29, 0.717) is 44.6 Å². The van der Waals surface area contributed by atoms with Gasteiger partial charge in [0, 0.05) is 26.3 Å². The van der Waals surface area contributed by atoms with Gasteiger partial charge in [-0.1, -0.05) is 12.1 Å². The summed E-state index contributed by atoms with van der Waals surface area (Å²) in [5, 5.41) is 9.39. The maximum absolute atomic E-state index is 13.7. The molecule has 2 saturated heterocycles. The van der Waals surface area contributed by atoms with Crippen molar-refractivity contribution in [3.05, 3.63) is 35.6 Å². The van der Waals surface area contributed by atoms with E-state index in [0.717, 1.165) is 0 Å². The van der Waals surface area contributed by atoms with Gasteiger partial charge in [-0.05, 0) is 43.9 Å². The number of likely N-dealkylation sites (tertiary alicyclic amines) is 1. The standard InChI is InChI=1S/C18H22FNO4/c1-17(16(22)23)5-8-20(12-17)15(21)18(6-9-24-10-7-18)13-3-2-4-14(19)11-13/h2-4,11H,5-10,12H2,1H3,(H,22,23). The van der Waals surface area contributed by atoms with Gasteiger partial charge in [0.15, 0.2) is 0 Å². The Balaban J connectivity index is 1.92. The van der Waals surface area contributed by atoms with E-state index in [4.69, 9.17) is 4.74 Å². The third-order valence-corrected chi connectivity index (χ3v) is 5.41. The Morgan fingerprint density at radius 2 is 1.96 bits per heavy atom. The Morgan fingerprint density at radius 3 is 2.54 bits per heavy atom. The number of halogens is 1. The lowest BCUT2D eigenvalue weighted by molar-refractivity contribution is -0.148. The van der Waals surface area contributed by atoms with Crippen LogP contribution in [-0.4, -0.2) is 48.2 Å². The molecule has 6 heteroatoms. The fourth-order valence-electron chi connectivity index (χ4n) is 3.74. The molecule has 1 amide bonds.